The molecule has 0 aliphatic heterocycles. The summed E-state index contributed by atoms with van der Waals surface area (Å²) in [5.41, 5.74) is 3.03. The summed E-state index contributed by atoms with van der Waals surface area (Å²) in [6.45, 7) is 5.97. The predicted octanol–water partition coefficient (Wildman–Crippen LogP) is 2.82. The maximum atomic E-state index is 4.36. The van der Waals surface area contributed by atoms with Crippen molar-refractivity contribution in [3.05, 3.63) is 32.9 Å². The van der Waals surface area contributed by atoms with Crippen LogP contribution in [0, 0.1) is 0 Å². The SMILES string of the molecule is CCNC(c1cncs1)c1c(Br)cnn1CC. The molecule has 17 heavy (non-hydrogen) atoms. The van der Waals surface area contributed by atoms with Crippen LogP contribution in [0.2, 0.25) is 0 Å². The molecule has 0 fully saturated rings. The Balaban J connectivity index is 2.42. The van der Waals surface area contributed by atoms with Gasteiger partial charge in [-0.3, -0.25) is 9.67 Å². The van der Waals surface area contributed by atoms with E-state index in [0.29, 0.717) is 0 Å². The number of aryl methyl sites for hydroxylation is 1. The summed E-state index contributed by atoms with van der Waals surface area (Å²) >= 11 is 5.24. The highest BCUT2D eigenvalue weighted by molar-refractivity contribution is 9.10. The summed E-state index contributed by atoms with van der Waals surface area (Å²) in [5.74, 6) is 0. The topological polar surface area (TPSA) is 42.7 Å². The minimum absolute atomic E-state index is 0.157. The Morgan fingerprint density at radius 1 is 1.47 bits per heavy atom. The third-order valence-corrected chi connectivity index (χ3v) is 4.00. The van der Waals surface area contributed by atoms with Crippen molar-refractivity contribution in [2.45, 2.75) is 26.4 Å². The van der Waals surface area contributed by atoms with Crippen LogP contribution in [0.25, 0.3) is 0 Å². The standard InChI is InChI=1S/C11H15BrN4S/c1-3-14-10(9-6-13-7-17-9)11-8(12)5-15-16(11)4-2/h5-7,10,14H,3-4H2,1-2H3. The van der Waals surface area contributed by atoms with Gasteiger partial charge in [0.05, 0.1) is 27.9 Å². The number of halogens is 1. The summed E-state index contributed by atoms with van der Waals surface area (Å²) in [6.07, 6.45) is 3.77. The monoisotopic (exact) mass is 314 g/mol. The lowest BCUT2D eigenvalue weighted by molar-refractivity contribution is 0.545. The molecular formula is C11H15BrN4S. The van der Waals surface area contributed by atoms with Gasteiger partial charge in [0, 0.05) is 17.6 Å². The Morgan fingerprint density at radius 3 is 2.88 bits per heavy atom. The molecule has 0 amide bonds. The van der Waals surface area contributed by atoms with Gasteiger partial charge in [-0.1, -0.05) is 6.92 Å². The Hall–Kier alpha value is -0.720. The van der Waals surface area contributed by atoms with Crippen molar-refractivity contribution in [3.8, 4) is 0 Å². The Kier molecular flexibility index (Phi) is 4.31. The number of nitrogens with zero attached hydrogens (tertiary/aromatic N) is 3. The normalized spacial score (nSPS) is 12.9. The molecular weight excluding hydrogens is 300 g/mol. The van der Waals surface area contributed by atoms with Gasteiger partial charge in [0.1, 0.15) is 0 Å². The summed E-state index contributed by atoms with van der Waals surface area (Å²) in [5, 5.41) is 7.84. The fraction of sp³-hybridized carbons (Fsp3) is 0.455. The van der Waals surface area contributed by atoms with Crippen LogP contribution in [0.3, 0.4) is 0 Å². The van der Waals surface area contributed by atoms with E-state index in [9.17, 15) is 0 Å². The average Bonchev–Trinajstić information content (AvgIpc) is 2.95. The van der Waals surface area contributed by atoms with Crippen molar-refractivity contribution in [2.24, 2.45) is 0 Å². The molecule has 0 aromatic carbocycles. The number of hydrogen-bond acceptors (Lipinski definition) is 4. The van der Waals surface area contributed by atoms with E-state index >= 15 is 0 Å². The van der Waals surface area contributed by atoms with Gasteiger partial charge in [-0.05, 0) is 29.4 Å². The first-order valence-electron chi connectivity index (χ1n) is 5.60. The van der Waals surface area contributed by atoms with E-state index in [1.54, 1.807) is 11.3 Å². The van der Waals surface area contributed by atoms with Crippen molar-refractivity contribution in [1.82, 2.24) is 20.1 Å². The van der Waals surface area contributed by atoms with Crippen molar-refractivity contribution in [3.63, 3.8) is 0 Å². The third kappa shape index (κ3) is 2.59. The second-order valence-corrected chi connectivity index (χ2v) is 5.36. The predicted molar refractivity (Wildman–Crippen MR) is 73.2 cm³/mol. The lowest BCUT2D eigenvalue weighted by Gasteiger charge is -2.18. The first kappa shape index (κ1) is 12.7. The summed E-state index contributed by atoms with van der Waals surface area (Å²) in [6, 6.07) is 0.157. The van der Waals surface area contributed by atoms with Crippen LogP contribution in [0.4, 0.5) is 0 Å². The Morgan fingerprint density at radius 2 is 2.29 bits per heavy atom. The van der Waals surface area contributed by atoms with Crippen LogP contribution in [0.1, 0.15) is 30.5 Å². The summed E-state index contributed by atoms with van der Waals surface area (Å²) in [7, 11) is 0. The maximum Gasteiger partial charge on any atom is 0.0869 e. The molecule has 0 aliphatic rings. The fourth-order valence-corrected chi connectivity index (χ4v) is 3.04. The summed E-state index contributed by atoms with van der Waals surface area (Å²) < 4.78 is 3.05. The fourth-order valence-electron chi connectivity index (χ4n) is 1.82. The molecule has 1 N–H and O–H groups in total. The average molecular weight is 315 g/mol. The van der Waals surface area contributed by atoms with E-state index < -0.39 is 0 Å². The highest BCUT2D eigenvalue weighted by Crippen LogP contribution is 2.30. The van der Waals surface area contributed by atoms with Gasteiger partial charge < -0.3 is 5.32 Å². The molecule has 6 heteroatoms. The van der Waals surface area contributed by atoms with Gasteiger partial charge in [0.25, 0.3) is 0 Å². The van der Waals surface area contributed by atoms with E-state index in [-0.39, 0.29) is 6.04 Å². The van der Waals surface area contributed by atoms with Gasteiger partial charge in [-0.2, -0.15) is 5.10 Å². The minimum Gasteiger partial charge on any atom is -0.305 e. The van der Waals surface area contributed by atoms with Gasteiger partial charge in [-0.25, -0.2) is 0 Å². The van der Waals surface area contributed by atoms with Crippen LogP contribution in [0.15, 0.2) is 22.4 Å². The molecule has 1 unspecified atom stereocenters. The quantitative estimate of drug-likeness (QED) is 0.922. The molecule has 2 rings (SSSR count). The van der Waals surface area contributed by atoms with Crippen molar-refractivity contribution in [2.75, 3.05) is 6.54 Å². The molecule has 0 bridgehead atoms. The van der Waals surface area contributed by atoms with Gasteiger partial charge in [0.2, 0.25) is 0 Å². The number of hydrogen-bond donors (Lipinski definition) is 1. The molecule has 0 saturated heterocycles. The van der Waals surface area contributed by atoms with Crippen molar-refractivity contribution in [1.29, 1.82) is 0 Å². The molecule has 0 aliphatic carbocycles. The first-order valence-corrected chi connectivity index (χ1v) is 7.28. The van der Waals surface area contributed by atoms with Gasteiger partial charge >= 0.3 is 0 Å². The third-order valence-electron chi connectivity index (χ3n) is 2.55. The molecule has 4 nitrogen and oxygen atoms in total. The number of rotatable bonds is 5. The van der Waals surface area contributed by atoms with Crippen LogP contribution < -0.4 is 5.32 Å². The number of nitrogens with one attached hydrogen (secondary N) is 1. The van der Waals surface area contributed by atoms with E-state index in [2.05, 4.69) is 45.2 Å². The van der Waals surface area contributed by atoms with Gasteiger partial charge in [-0.15, -0.1) is 11.3 Å². The van der Waals surface area contributed by atoms with E-state index in [1.165, 1.54) is 10.6 Å². The highest BCUT2D eigenvalue weighted by atomic mass is 79.9. The highest BCUT2D eigenvalue weighted by Gasteiger charge is 2.21. The van der Waals surface area contributed by atoms with E-state index in [4.69, 9.17) is 0 Å². The number of aromatic nitrogens is 3. The lowest BCUT2D eigenvalue weighted by atomic mass is 10.2. The Labute approximate surface area is 113 Å². The van der Waals surface area contributed by atoms with E-state index in [0.717, 1.165) is 17.6 Å². The lowest BCUT2D eigenvalue weighted by Crippen LogP contribution is -2.24. The van der Waals surface area contributed by atoms with Gasteiger partial charge in [0.15, 0.2) is 0 Å². The zero-order valence-corrected chi connectivity index (χ0v) is 12.3. The smallest absolute Gasteiger partial charge is 0.0869 e. The molecule has 0 spiro atoms. The molecule has 2 aromatic heterocycles. The zero-order chi connectivity index (χ0) is 12.3. The molecule has 0 saturated carbocycles. The van der Waals surface area contributed by atoms with Crippen LogP contribution >= 0.6 is 27.3 Å². The molecule has 1 atom stereocenters. The van der Waals surface area contributed by atoms with Crippen LogP contribution in [-0.4, -0.2) is 21.3 Å². The molecule has 2 aromatic rings. The Bertz CT molecular complexity index is 466. The second-order valence-electron chi connectivity index (χ2n) is 3.59. The maximum absolute atomic E-state index is 4.36. The first-order chi connectivity index (χ1) is 8.27. The van der Waals surface area contributed by atoms with Crippen LogP contribution in [-0.2, 0) is 6.54 Å². The van der Waals surface area contributed by atoms with E-state index in [1.807, 2.05) is 22.6 Å². The van der Waals surface area contributed by atoms with Crippen molar-refractivity contribution < 1.29 is 0 Å². The number of thiazole rings is 1. The largest absolute Gasteiger partial charge is 0.305 e. The molecule has 92 valence electrons. The summed E-state index contributed by atoms with van der Waals surface area (Å²) in [4.78, 5) is 5.36. The molecule has 0 radical (unpaired) electrons. The van der Waals surface area contributed by atoms with Crippen molar-refractivity contribution >= 4 is 27.3 Å². The second kappa shape index (κ2) is 5.75. The minimum atomic E-state index is 0.157. The molecule has 2 heterocycles. The van der Waals surface area contributed by atoms with Crippen LogP contribution in [0.5, 0.6) is 0 Å². The zero-order valence-electron chi connectivity index (χ0n) is 9.85.